The van der Waals surface area contributed by atoms with Crippen molar-refractivity contribution in [2.75, 3.05) is 10.6 Å². The van der Waals surface area contributed by atoms with E-state index >= 15 is 0 Å². The first-order valence-electron chi connectivity index (χ1n) is 8.73. The van der Waals surface area contributed by atoms with Gasteiger partial charge < -0.3 is 16.0 Å². The number of nitrogens with zero attached hydrogens (tertiary/aromatic N) is 1. The summed E-state index contributed by atoms with van der Waals surface area (Å²) in [6.45, 7) is 3.17. The average Bonchev–Trinajstić information content (AvgIpc) is 2.66. The molecule has 0 aliphatic rings. The van der Waals surface area contributed by atoms with E-state index in [2.05, 4.69) is 20.9 Å². The first-order valence-corrected chi connectivity index (χ1v) is 8.73. The van der Waals surface area contributed by atoms with Crippen molar-refractivity contribution in [1.29, 1.82) is 0 Å². The zero-order valence-electron chi connectivity index (χ0n) is 16.7. The van der Waals surface area contributed by atoms with Crippen LogP contribution in [-0.4, -0.2) is 22.8 Å². The average molecular weight is 457 g/mol. The molecule has 2 rings (SSSR count). The minimum Gasteiger partial charge on any atom is -0.333 e. The number of hydrogen-bond acceptors (Lipinski definition) is 5. The van der Waals surface area contributed by atoms with Crippen LogP contribution in [0.5, 0.6) is 0 Å². The number of pyridine rings is 1. The monoisotopic (exact) mass is 456 g/mol. The number of urea groups is 1. The topological polar surface area (TPSA) is 138 Å². The van der Waals surface area contributed by atoms with Crippen molar-refractivity contribution >= 4 is 54.2 Å². The molecule has 6 N–H and O–H groups in total. The van der Waals surface area contributed by atoms with E-state index in [0.29, 0.717) is 24.5 Å². The third-order valence-electron chi connectivity index (χ3n) is 3.86. The van der Waals surface area contributed by atoms with Crippen LogP contribution in [0.1, 0.15) is 30.5 Å². The molecule has 164 valence electrons. The number of aromatic nitrogens is 1. The minimum absolute atomic E-state index is 0. The van der Waals surface area contributed by atoms with E-state index < -0.39 is 6.03 Å². The SMILES string of the molecule is CC(=O)Nc1cc(CCc2ccc(CNC(=O)NN)cc2)cnc1NC(C)=O.Cl.Cl. The number of nitrogens with two attached hydrogens (primary N) is 1. The van der Waals surface area contributed by atoms with Gasteiger partial charge in [0.05, 0.1) is 5.69 Å². The van der Waals surface area contributed by atoms with Gasteiger partial charge in [-0.3, -0.25) is 15.0 Å². The molecule has 11 heteroatoms. The van der Waals surface area contributed by atoms with Crippen LogP contribution in [0.2, 0.25) is 0 Å². The first kappa shape index (κ1) is 27.1. The fraction of sp³-hybridized carbons (Fsp3) is 0.263. The fourth-order valence-corrected chi connectivity index (χ4v) is 2.54. The van der Waals surface area contributed by atoms with Crippen LogP contribution in [-0.2, 0) is 29.0 Å². The highest BCUT2D eigenvalue weighted by atomic mass is 35.5. The standard InChI is InChI=1S/C19H24N6O3.2ClH/c1-12(26)23-17-9-16(11-21-18(17)24-13(2)27)8-5-14-3-6-15(7-4-14)10-22-19(28)25-20;;/h3-4,6-7,9,11H,5,8,10,20H2,1-2H3,(H,23,26)(H,21,24,27)(H2,22,25,28);2*1H. The molecule has 0 bridgehead atoms. The van der Waals surface area contributed by atoms with E-state index in [4.69, 9.17) is 5.84 Å². The Bertz CT molecular complexity index is 862. The van der Waals surface area contributed by atoms with Gasteiger partial charge in [0.25, 0.3) is 0 Å². The maximum atomic E-state index is 11.4. The number of rotatable bonds is 7. The number of halogens is 2. The Balaban J connectivity index is 0.00000420. The number of nitrogens with one attached hydrogen (secondary N) is 4. The Morgan fingerprint density at radius 2 is 1.47 bits per heavy atom. The number of carbonyl (C=O) groups is 3. The van der Waals surface area contributed by atoms with Crippen LogP contribution in [0.3, 0.4) is 0 Å². The summed E-state index contributed by atoms with van der Waals surface area (Å²) in [5, 5.41) is 7.91. The van der Waals surface area contributed by atoms with Crippen LogP contribution in [0.25, 0.3) is 0 Å². The molecule has 1 heterocycles. The molecule has 0 radical (unpaired) electrons. The zero-order chi connectivity index (χ0) is 20.5. The van der Waals surface area contributed by atoms with E-state index in [1.54, 1.807) is 6.20 Å². The Labute approximate surface area is 187 Å². The van der Waals surface area contributed by atoms with Crippen LogP contribution < -0.4 is 27.2 Å². The third-order valence-corrected chi connectivity index (χ3v) is 3.86. The van der Waals surface area contributed by atoms with Gasteiger partial charge in [-0.15, -0.1) is 24.8 Å². The number of hydrogen-bond donors (Lipinski definition) is 5. The van der Waals surface area contributed by atoms with Gasteiger partial charge in [-0.2, -0.15) is 0 Å². The van der Waals surface area contributed by atoms with E-state index in [-0.39, 0.29) is 36.6 Å². The van der Waals surface area contributed by atoms with Crippen molar-refractivity contribution in [2.45, 2.75) is 33.2 Å². The van der Waals surface area contributed by atoms with Crippen molar-refractivity contribution in [3.63, 3.8) is 0 Å². The summed E-state index contributed by atoms with van der Waals surface area (Å²) in [7, 11) is 0. The van der Waals surface area contributed by atoms with E-state index in [0.717, 1.165) is 23.1 Å². The molecule has 0 spiro atoms. The van der Waals surface area contributed by atoms with Gasteiger partial charge in [-0.25, -0.2) is 15.6 Å². The summed E-state index contributed by atoms with van der Waals surface area (Å²) in [6.07, 6.45) is 3.17. The predicted octanol–water partition coefficient (Wildman–Crippen LogP) is 2.30. The van der Waals surface area contributed by atoms with Crippen molar-refractivity contribution < 1.29 is 14.4 Å². The summed E-state index contributed by atoms with van der Waals surface area (Å²) in [4.78, 5) is 38.0. The number of anilines is 2. The number of hydrazine groups is 1. The molecule has 30 heavy (non-hydrogen) atoms. The van der Waals surface area contributed by atoms with Crippen LogP contribution in [0, 0.1) is 0 Å². The lowest BCUT2D eigenvalue weighted by atomic mass is 10.0. The molecule has 0 unspecified atom stereocenters. The molecular weight excluding hydrogens is 431 g/mol. The Hall–Kier alpha value is -2.88. The fourth-order valence-electron chi connectivity index (χ4n) is 2.54. The lowest BCUT2D eigenvalue weighted by molar-refractivity contribution is -0.115. The molecule has 2 aromatic rings. The van der Waals surface area contributed by atoms with Crippen molar-refractivity contribution in [1.82, 2.24) is 15.7 Å². The Kier molecular flexibility index (Phi) is 12.1. The predicted molar refractivity (Wildman–Crippen MR) is 121 cm³/mol. The highest BCUT2D eigenvalue weighted by Crippen LogP contribution is 2.21. The van der Waals surface area contributed by atoms with Gasteiger partial charge in [0.2, 0.25) is 11.8 Å². The second kappa shape index (κ2) is 13.4. The number of aryl methyl sites for hydroxylation is 2. The van der Waals surface area contributed by atoms with Crippen molar-refractivity contribution in [3.8, 4) is 0 Å². The van der Waals surface area contributed by atoms with E-state index in [9.17, 15) is 14.4 Å². The van der Waals surface area contributed by atoms with Crippen LogP contribution in [0.4, 0.5) is 16.3 Å². The summed E-state index contributed by atoms with van der Waals surface area (Å²) < 4.78 is 0. The van der Waals surface area contributed by atoms with Gasteiger partial charge >= 0.3 is 6.03 Å². The van der Waals surface area contributed by atoms with Gasteiger partial charge in [0.1, 0.15) is 0 Å². The Morgan fingerprint density at radius 3 is 2.03 bits per heavy atom. The van der Waals surface area contributed by atoms with Gasteiger partial charge in [0.15, 0.2) is 5.82 Å². The summed E-state index contributed by atoms with van der Waals surface area (Å²) in [6, 6.07) is 9.23. The van der Waals surface area contributed by atoms with Gasteiger partial charge in [-0.05, 0) is 35.6 Å². The molecule has 0 atom stereocenters. The Morgan fingerprint density at radius 1 is 0.900 bits per heavy atom. The molecule has 0 saturated carbocycles. The van der Waals surface area contributed by atoms with Gasteiger partial charge in [0, 0.05) is 26.6 Å². The molecule has 1 aromatic carbocycles. The summed E-state index contributed by atoms with van der Waals surface area (Å²) in [5.74, 6) is 4.84. The smallest absolute Gasteiger partial charge is 0.329 e. The minimum atomic E-state index is -0.436. The lowest BCUT2D eigenvalue weighted by Crippen LogP contribution is -2.39. The van der Waals surface area contributed by atoms with Gasteiger partial charge in [-0.1, -0.05) is 24.3 Å². The molecule has 4 amide bonds. The molecular formula is C19H26Cl2N6O3. The molecule has 0 aliphatic heterocycles. The normalized spacial score (nSPS) is 9.43. The number of benzene rings is 1. The number of amides is 4. The molecule has 0 saturated heterocycles. The summed E-state index contributed by atoms with van der Waals surface area (Å²) >= 11 is 0. The molecule has 0 aliphatic carbocycles. The molecule has 9 nitrogen and oxygen atoms in total. The van der Waals surface area contributed by atoms with Crippen molar-refractivity contribution in [3.05, 3.63) is 53.2 Å². The quantitative estimate of drug-likeness (QED) is 0.247. The zero-order valence-corrected chi connectivity index (χ0v) is 18.3. The number of carbonyl (C=O) groups excluding carboxylic acids is 3. The molecule has 0 fully saturated rings. The first-order chi connectivity index (χ1) is 13.4. The van der Waals surface area contributed by atoms with E-state index in [1.807, 2.05) is 35.8 Å². The molecule has 1 aromatic heterocycles. The maximum Gasteiger partial charge on any atom is 0.329 e. The van der Waals surface area contributed by atoms with E-state index in [1.165, 1.54) is 13.8 Å². The lowest BCUT2D eigenvalue weighted by Gasteiger charge is -2.11. The second-order valence-corrected chi connectivity index (χ2v) is 6.25. The third kappa shape index (κ3) is 9.08. The van der Waals surface area contributed by atoms with Crippen LogP contribution >= 0.6 is 24.8 Å². The largest absolute Gasteiger partial charge is 0.333 e. The maximum absolute atomic E-state index is 11.4. The summed E-state index contributed by atoms with van der Waals surface area (Å²) in [5.41, 5.74) is 5.50. The van der Waals surface area contributed by atoms with Crippen LogP contribution in [0.15, 0.2) is 36.5 Å². The second-order valence-electron chi connectivity index (χ2n) is 6.25. The highest BCUT2D eigenvalue weighted by Gasteiger charge is 2.09. The van der Waals surface area contributed by atoms with Crippen molar-refractivity contribution in [2.24, 2.45) is 5.84 Å². The highest BCUT2D eigenvalue weighted by molar-refractivity contribution is 5.96.